The summed E-state index contributed by atoms with van der Waals surface area (Å²) in [7, 11) is 1.85. The van der Waals surface area contributed by atoms with Crippen LogP contribution in [0.3, 0.4) is 0 Å². The van der Waals surface area contributed by atoms with Gasteiger partial charge in [0.25, 0.3) is 5.91 Å². The molecule has 0 spiro atoms. The Kier molecular flexibility index (Phi) is 4.15. The molecule has 1 saturated heterocycles. The Morgan fingerprint density at radius 1 is 1.28 bits per heavy atom. The van der Waals surface area contributed by atoms with Crippen molar-refractivity contribution in [2.24, 2.45) is 13.0 Å². The maximum atomic E-state index is 12.5. The largest absolute Gasteiger partial charge is 0.476 e. The lowest BCUT2D eigenvalue weighted by Gasteiger charge is -2.15. The van der Waals surface area contributed by atoms with Crippen LogP contribution in [0.2, 0.25) is 0 Å². The van der Waals surface area contributed by atoms with Crippen LogP contribution in [0.5, 0.6) is 5.88 Å². The molecule has 1 atom stereocenters. The normalized spacial score (nSPS) is 20.1. The third kappa shape index (κ3) is 3.50. The Morgan fingerprint density at radius 3 is 2.76 bits per heavy atom. The number of amides is 1. The minimum absolute atomic E-state index is 0.000206. The van der Waals surface area contributed by atoms with Gasteiger partial charge in [0.15, 0.2) is 5.69 Å². The van der Waals surface area contributed by atoms with Crippen LogP contribution in [0.4, 0.5) is 0 Å². The lowest BCUT2D eigenvalue weighted by atomic mass is 10.1. The van der Waals surface area contributed by atoms with Crippen LogP contribution in [0.25, 0.3) is 0 Å². The molecule has 2 aromatic rings. The van der Waals surface area contributed by atoms with Crippen LogP contribution in [0.15, 0.2) is 18.2 Å². The lowest BCUT2D eigenvalue weighted by Crippen LogP contribution is -2.30. The first kappa shape index (κ1) is 16.1. The Morgan fingerprint density at radius 2 is 2.12 bits per heavy atom. The van der Waals surface area contributed by atoms with Crippen molar-refractivity contribution in [3.8, 4) is 5.88 Å². The van der Waals surface area contributed by atoms with Crippen molar-refractivity contribution in [1.82, 2.24) is 24.9 Å². The summed E-state index contributed by atoms with van der Waals surface area (Å²) in [6, 6.07) is 5.74. The summed E-state index contributed by atoms with van der Waals surface area (Å²) in [4.78, 5) is 14.4. The van der Waals surface area contributed by atoms with Crippen molar-refractivity contribution >= 4 is 5.91 Å². The number of aryl methyl sites for hydroxylation is 2. The molecule has 7 heteroatoms. The van der Waals surface area contributed by atoms with Crippen molar-refractivity contribution in [3.63, 3.8) is 0 Å². The molecule has 0 N–H and O–H groups in total. The van der Waals surface area contributed by atoms with Gasteiger partial charge in [-0.1, -0.05) is 0 Å². The Bertz CT molecular complexity index is 747. The number of likely N-dealkylation sites (tertiary alicyclic amines) is 1. The van der Waals surface area contributed by atoms with Gasteiger partial charge in [0.2, 0.25) is 5.88 Å². The Hall–Kier alpha value is -2.44. The summed E-state index contributed by atoms with van der Waals surface area (Å²) in [5, 5.41) is 12.7. The second-order valence-corrected chi connectivity index (χ2v) is 7.08. The van der Waals surface area contributed by atoms with E-state index >= 15 is 0 Å². The van der Waals surface area contributed by atoms with Gasteiger partial charge in [-0.05, 0) is 38.3 Å². The van der Waals surface area contributed by atoms with Crippen molar-refractivity contribution < 1.29 is 9.53 Å². The molecule has 0 radical (unpaired) electrons. The van der Waals surface area contributed by atoms with Crippen molar-refractivity contribution in [2.75, 3.05) is 19.7 Å². The average molecular weight is 341 g/mol. The maximum Gasteiger partial charge on any atom is 0.274 e. The van der Waals surface area contributed by atoms with E-state index in [4.69, 9.17) is 4.74 Å². The van der Waals surface area contributed by atoms with Crippen molar-refractivity contribution in [1.29, 1.82) is 0 Å². The van der Waals surface area contributed by atoms with Gasteiger partial charge in [-0.2, -0.15) is 10.2 Å². The summed E-state index contributed by atoms with van der Waals surface area (Å²) in [5.41, 5.74) is 2.56. The predicted molar refractivity (Wildman–Crippen MR) is 91.5 cm³/mol. The summed E-state index contributed by atoms with van der Waals surface area (Å²) >= 11 is 0. The minimum Gasteiger partial charge on any atom is -0.476 e. The van der Waals surface area contributed by atoms with Gasteiger partial charge in [-0.15, -0.1) is 5.10 Å². The second-order valence-electron chi connectivity index (χ2n) is 7.08. The number of nitrogens with zero attached hydrogens (tertiary/aromatic N) is 5. The zero-order valence-corrected chi connectivity index (χ0v) is 14.7. The fourth-order valence-electron chi connectivity index (χ4n) is 3.19. The van der Waals surface area contributed by atoms with Crippen molar-refractivity contribution in [3.05, 3.63) is 35.3 Å². The molecule has 2 fully saturated rings. The van der Waals surface area contributed by atoms with E-state index in [-0.39, 0.29) is 5.91 Å². The van der Waals surface area contributed by atoms with Crippen LogP contribution in [0.1, 0.15) is 47.1 Å². The fraction of sp³-hybridized carbons (Fsp3) is 0.556. The zero-order chi connectivity index (χ0) is 17.4. The van der Waals surface area contributed by atoms with Crippen LogP contribution in [-0.2, 0) is 7.05 Å². The van der Waals surface area contributed by atoms with E-state index in [0.29, 0.717) is 36.6 Å². The monoisotopic (exact) mass is 341 g/mol. The lowest BCUT2D eigenvalue weighted by molar-refractivity contribution is 0.0776. The van der Waals surface area contributed by atoms with E-state index in [0.717, 1.165) is 24.4 Å². The molecule has 1 amide bonds. The van der Waals surface area contributed by atoms with Crippen molar-refractivity contribution in [2.45, 2.75) is 32.1 Å². The molecule has 2 aliphatic rings. The number of rotatable bonds is 5. The molecule has 0 bridgehead atoms. The van der Waals surface area contributed by atoms with E-state index < -0.39 is 0 Å². The molecule has 1 unspecified atom stereocenters. The van der Waals surface area contributed by atoms with Gasteiger partial charge in [0.05, 0.1) is 12.3 Å². The smallest absolute Gasteiger partial charge is 0.274 e. The highest BCUT2D eigenvalue weighted by Crippen LogP contribution is 2.38. The third-order valence-corrected chi connectivity index (χ3v) is 5.03. The molecule has 132 valence electrons. The maximum absolute atomic E-state index is 12.5. The highest BCUT2D eigenvalue weighted by molar-refractivity contribution is 5.92. The standard InChI is InChI=1S/C18H23N5O2/c1-12-9-16(21-22(12)2)18(24)23-8-7-13(10-23)11-25-17-6-5-15(19-20-17)14-3-4-14/h5-6,9,13-14H,3-4,7-8,10-11H2,1-2H3. The number of hydrogen-bond acceptors (Lipinski definition) is 5. The first-order valence-corrected chi connectivity index (χ1v) is 8.86. The van der Waals surface area contributed by atoms with E-state index in [1.165, 1.54) is 12.8 Å². The third-order valence-electron chi connectivity index (χ3n) is 5.03. The number of carbonyl (C=O) groups excluding carboxylic acids is 1. The van der Waals surface area contributed by atoms with Crippen LogP contribution < -0.4 is 4.74 Å². The number of aromatic nitrogens is 4. The molecular weight excluding hydrogens is 318 g/mol. The molecule has 4 rings (SSSR count). The summed E-state index contributed by atoms with van der Waals surface area (Å²) in [6.07, 6.45) is 3.37. The topological polar surface area (TPSA) is 73.1 Å². The molecule has 1 aliphatic carbocycles. The van der Waals surface area contributed by atoms with Gasteiger partial charge >= 0.3 is 0 Å². The molecular formula is C18H23N5O2. The molecule has 1 aliphatic heterocycles. The quantitative estimate of drug-likeness (QED) is 0.831. The summed E-state index contributed by atoms with van der Waals surface area (Å²) in [5.74, 6) is 1.49. The molecule has 7 nitrogen and oxygen atoms in total. The van der Waals surface area contributed by atoms with E-state index in [9.17, 15) is 4.79 Å². The zero-order valence-electron chi connectivity index (χ0n) is 14.7. The van der Waals surface area contributed by atoms with E-state index in [1.807, 2.05) is 37.1 Å². The molecule has 2 aromatic heterocycles. The van der Waals surface area contributed by atoms with Crippen LogP contribution in [-0.4, -0.2) is 50.5 Å². The molecule has 25 heavy (non-hydrogen) atoms. The van der Waals surface area contributed by atoms with E-state index in [2.05, 4.69) is 15.3 Å². The number of carbonyl (C=O) groups is 1. The first-order valence-electron chi connectivity index (χ1n) is 8.86. The minimum atomic E-state index is -0.000206. The average Bonchev–Trinajstić information content (AvgIpc) is 3.27. The van der Waals surface area contributed by atoms with Gasteiger partial charge in [0.1, 0.15) is 0 Å². The van der Waals surface area contributed by atoms with Crippen LogP contribution >= 0.6 is 0 Å². The van der Waals surface area contributed by atoms with E-state index in [1.54, 1.807) is 4.68 Å². The van der Waals surface area contributed by atoms with Gasteiger partial charge in [-0.3, -0.25) is 9.48 Å². The SMILES string of the molecule is Cc1cc(C(=O)N2CCC(COc3ccc(C4CC4)nn3)C2)nn1C. The number of ether oxygens (including phenoxy) is 1. The molecule has 3 heterocycles. The van der Waals surface area contributed by atoms with Gasteiger partial charge in [0, 0.05) is 43.7 Å². The van der Waals surface area contributed by atoms with Crippen LogP contribution in [0, 0.1) is 12.8 Å². The van der Waals surface area contributed by atoms with Gasteiger partial charge < -0.3 is 9.64 Å². The van der Waals surface area contributed by atoms with Gasteiger partial charge in [-0.25, -0.2) is 0 Å². The Balaban J connectivity index is 1.29. The highest BCUT2D eigenvalue weighted by atomic mass is 16.5. The highest BCUT2D eigenvalue weighted by Gasteiger charge is 2.29. The number of hydrogen-bond donors (Lipinski definition) is 0. The Labute approximate surface area is 147 Å². The molecule has 0 aromatic carbocycles. The predicted octanol–water partition coefficient (Wildman–Crippen LogP) is 1.94. The second kappa shape index (κ2) is 6.46. The fourth-order valence-corrected chi connectivity index (χ4v) is 3.19. The summed E-state index contributed by atoms with van der Waals surface area (Å²) in [6.45, 7) is 3.94. The molecule has 1 saturated carbocycles. The summed E-state index contributed by atoms with van der Waals surface area (Å²) < 4.78 is 7.50. The first-order chi connectivity index (χ1) is 12.1.